The van der Waals surface area contributed by atoms with Crippen LogP contribution in [0.2, 0.25) is 0 Å². The van der Waals surface area contributed by atoms with Gasteiger partial charge in [-0.05, 0) is 37.3 Å². The van der Waals surface area contributed by atoms with Gasteiger partial charge in [-0.25, -0.2) is 0 Å². The number of likely N-dealkylation sites (tertiary alicyclic amines) is 1. The van der Waals surface area contributed by atoms with Crippen LogP contribution in [-0.2, 0) is 16.1 Å². The molecule has 0 unspecified atom stereocenters. The van der Waals surface area contributed by atoms with Crippen molar-refractivity contribution in [3.63, 3.8) is 0 Å². The number of aromatic nitrogens is 1. The summed E-state index contributed by atoms with van der Waals surface area (Å²) in [6, 6.07) is 8.12. The van der Waals surface area contributed by atoms with Crippen molar-refractivity contribution < 1.29 is 9.59 Å². The quantitative estimate of drug-likeness (QED) is 0.374. The van der Waals surface area contributed by atoms with Crippen LogP contribution in [-0.4, -0.2) is 50.1 Å². The van der Waals surface area contributed by atoms with E-state index >= 15 is 0 Å². The van der Waals surface area contributed by atoms with Crippen LogP contribution in [0.4, 0.5) is 0 Å². The van der Waals surface area contributed by atoms with Gasteiger partial charge in [-0.2, -0.15) is 0 Å². The number of hydrogen-bond acceptors (Lipinski definition) is 4. The van der Waals surface area contributed by atoms with Crippen LogP contribution in [0.15, 0.2) is 35.4 Å². The van der Waals surface area contributed by atoms with Crippen LogP contribution in [0.5, 0.6) is 0 Å². The van der Waals surface area contributed by atoms with Crippen molar-refractivity contribution in [2.45, 2.75) is 64.3 Å². The predicted octanol–water partition coefficient (Wildman–Crippen LogP) is 5.83. The zero-order valence-electron chi connectivity index (χ0n) is 19.7. The van der Waals surface area contributed by atoms with Gasteiger partial charge >= 0.3 is 0 Å². The van der Waals surface area contributed by atoms with E-state index in [1.165, 1.54) is 50.3 Å². The lowest BCUT2D eigenvalue weighted by Gasteiger charge is -2.20. The fourth-order valence-corrected chi connectivity index (χ4v) is 6.83. The summed E-state index contributed by atoms with van der Waals surface area (Å²) in [5, 5.41) is 1.06. The molecule has 1 aromatic carbocycles. The second-order valence-corrected chi connectivity index (χ2v) is 11.5. The van der Waals surface area contributed by atoms with Gasteiger partial charge in [0.05, 0.1) is 4.91 Å². The summed E-state index contributed by atoms with van der Waals surface area (Å²) < 4.78 is 2.70. The molecule has 5 nitrogen and oxygen atoms in total. The number of fused-ring (bicyclic) bond motifs is 1. The smallest absolute Gasteiger partial charge is 0.266 e. The molecule has 0 atom stereocenters. The molecule has 0 bridgehead atoms. The monoisotopic (exact) mass is 495 g/mol. The Morgan fingerprint density at radius 3 is 2.56 bits per heavy atom. The van der Waals surface area contributed by atoms with Crippen LogP contribution in [0.1, 0.15) is 63.4 Å². The first-order chi connectivity index (χ1) is 16.6. The first kappa shape index (κ1) is 23.6. The molecule has 0 N–H and O–H groups in total. The third-order valence-electron chi connectivity index (χ3n) is 7.48. The molecule has 2 amide bonds. The average Bonchev–Trinajstić information content (AvgIpc) is 3.46. The summed E-state index contributed by atoms with van der Waals surface area (Å²) in [6.07, 6.45) is 14.8. The molecule has 34 heavy (non-hydrogen) atoms. The highest BCUT2D eigenvalue weighted by Gasteiger charge is 2.32. The molecular weight excluding hydrogens is 462 g/mol. The molecule has 7 heteroatoms. The largest absolute Gasteiger partial charge is 0.341 e. The number of benzene rings is 1. The number of para-hydroxylation sites is 1. The predicted molar refractivity (Wildman–Crippen MR) is 143 cm³/mol. The summed E-state index contributed by atoms with van der Waals surface area (Å²) in [5.41, 5.74) is 1.99. The molecule has 2 aliphatic heterocycles. The first-order valence-electron chi connectivity index (χ1n) is 12.7. The molecule has 3 heterocycles. The minimum atomic E-state index is 0.0190. The van der Waals surface area contributed by atoms with Gasteiger partial charge in [-0.3, -0.25) is 14.5 Å². The molecular formula is C27H33N3O2S2. The summed E-state index contributed by atoms with van der Waals surface area (Å²) in [5.74, 6) is 0.922. The summed E-state index contributed by atoms with van der Waals surface area (Å²) >= 11 is 6.96. The molecule has 1 aromatic heterocycles. The fraction of sp³-hybridized carbons (Fsp3) is 0.519. The van der Waals surface area contributed by atoms with Crippen LogP contribution >= 0.6 is 24.0 Å². The Balaban J connectivity index is 1.35. The van der Waals surface area contributed by atoms with E-state index in [1.54, 1.807) is 4.90 Å². The second kappa shape index (κ2) is 10.6. The van der Waals surface area contributed by atoms with Crippen molar-refractivity contribution in [3.8, 4) is 0 Å². The topological polar surface area (TPSA) is 45.6 Å². The molecule has 5 rings (SSSR count). The summed E-state index contributed by atoms with van der Waals surface area (Å²) in [6.45, 7) is 2.76. The normalized spacial score (nSPS) is 21.2. The second-order valence-electron chi connectivity index (χ2n) is 9.80. The van der Waals surface area contributed by atoms with Crippen molar-refractivity contribution in [2.24, 2.45) is 5.92 Å². The lowest BCUT2D eigenvalue weighted by Crippen LogP contribution is -2.34. The molecule has 2 aromatic rings. The van der Waals surface area contributed by atoms with Crippen molar-refractivity contribution in [3.05, 3.63) is 40.9 Å². The third kappa shape index (κ3) is 5.10. The Bertz CT molecular complexity index is 1110. The van der Waals surface area contributed by atoms with Crippen molar-refractivity contribution in [1.29, 1.82) is 0 Å². The molecule has 0 spiro atoms. The maximum absolute atomic E-state index is 13.2. The number of carbonyl (C=O) groups excluding carboxylic acids is 2. The van der Waals surface area contributed by atoms with E-state index in [9.17, 15) is 9.59 Å². The Labute approximate surface area is 211 Å². The van der Waals surface area contributed by atoms with E-state index in [-0.39, 0.29) is 11.8 Å². The summed E-state index contributed by atoms with van der Waals surface area (Å²) in [4.78, 5) is 30.7. The van der Waals surface area contributed by atoms with Crippen LogP contribution in [0.25, 0.3) is 17.0 Å². The molecule has 180 valence electrons. The van der Waals surface area contributed by atoms with Gasteiger partial charge in [0.25, 0.3) is 5.91 Å². The van der Waals surface area contributed by atoms with Gasteiger partial charge in [0.1, 0.15) is 10.9 Å². The Morgan fingerprint density at radius 1 is 1.06 bits per heavy atom. The van der Waals surface area contributed by atoms with Gasteiger partial charge in [0.2, 0.25) is 5.91 Å². The van der Waals surface area contributed by atoms with E-state index in [0.717, 1.165) is 61.3 Å². The van der Waals surface area contributed by atoms with Crippen LogP contribution in [0, 0.1) is 5.92 Å². The lowest BCUT2D eigenvalue weighted by atomic mass is 10.0. The van der Waals surface area contributed by atoms with Gasteiger partial charge in [0, 0.05) is 42.3 Å². The number of amides is 2. The van der Waals surface area contributed by atoms with Gasteiger partial charge in [0.15, 0.2) is 0 Å². The Morgan fingerprint density at radius 2 is 1.79 bits per heavy atom. The number of thioether (sulfide) groups is 1. The highest BCUT2D eigenvalue weighted by Crippen LogP contribution is 2.36. The van der Waals surface area contributed by atoms with Crippen molar-refractivity contribution in [2.75, 3.05) is 19.6 Å². The highest BCUT2D eigenvalue weighted by atomic mass is 32.2. The number of carbonyl (C=O) groups is 2. The Kier molecular flexibility index (Phi) is 7.40. The molecule has 3 aliphatic rings. The fourth-order valence-electron chi connectivity index (χ4n) is 5.53. The molecule has 3 fully saturated rings. The van der Waals surface area contributed by atoms with E-state index in [2.05, 4.69) is 12.1 Å². The van der Waals surface area contributed by atoms with Gasteiger partial charge in [-0.1, -0.05) is 80.7 Å². The van der Waals surface area contributed by atoms with E-state index in [0.29, 0.717) is 15.8 Å². The number of thiocarbonyl (C=S) groups is 1. The maximum atomic E-state index is 13.2. The lowest BCUT2D eigenvalue weighted by molar-refractivity contribution is -0.131. The minimum Gasteiger partial charge on any atom is -0.341 e. The number of hydrogen-bond donors (Lipinski definition) is 0. The SMILES string of the molecule is O=C(Cn1cc(/C=C2\SC(=S)N(CCC3CCCC3)C2=O)c2ccccc21)N1CCCCCC1. The Hall–Kier alpha value is -2.12. The molecule has 1 saturated carbocycles. The highest BCUT2D eigenvalue weighted by molar-refractivity contribution is 8.26. The number of nitrogens with zero attached hydrogens (tertiary/aromatic N) is 3. The van der Waals surface area contributed by atoms with Gasteiger partial charge in [-0.15, -0.1) is 0 Å². The molecule has 1 aliphatic carbocycles. The van der Waals surface area contributed by atoms with Gasteiger partial charge < -0.3 is 9.47 Å². The third-order valence-corrected chi connectivity index (χ3v) is 8.86. The van der Waals surface area contributed by atoms with E-state index < -0.39 is 0 Å². The van der Waals surface area contributed by atoms with E-state index in [1.807, 2.05) is 33.9 Å². The van der Waals surface area contributed by atoms with Crippen LogP contribution < -0.4 is 0 Å². The maximum Gasteiger partial charge on any atom is 0.266 e. The zero-order valence-corrected chi connectivity index (χ0v) is 21.3. The van der Waals surface area contributed by atoms with Crippen molar-refractivity contribution in [1.82, 2.24) is 14.4 Å². The van der Waals surface area contributed by atoms with Crippen LogP contribution in [0.3, 0.4) is 0 Å². The average molecular weight is 496 g/mol. The number of rotatable bonds is 6. The first-order valence-corrected chi connectivity index (χ1v) is 13.9. The standard InChI is InChI=1S/C27H33N3O2S2/c31-25(28-14-7-1-2-8-15-28)19-29-18-21(22-11-5-6-12-23(22)29)17-24-26(32)30(27(33)34-24)16-13-20-9-3-4-10-20/h5-6,11-12,17-18,20H,1-4,7-10,13-16,19H2/b24-17-. The van der Waals surface area contributed by atoms with Crippen molar-refractivity contribution >= 4 is 57.1 Å². The minimum absolute atomic E-state index is 0.0190. The van der Waals surface area contributed by atoms with E-state index in [4.69, 9.17) is 12.2 Å². The zero-order chi connectivity index (χ0) is 23.5. The molecule has 2 saturated heterocycles. The molecule has 0 radical (unpaired) electrons. The summed E-state index contributed by atoms with van der Waals surface area (Å²) in [7, 11) is 0.